The van der Waals surface area contributed by atoms with E-state index in [9.17, 15) is 14.7 Å². The molecule has 2 aromatic carbocycles. The normalized spacial score (nSPS) is 10.9. The fourth-order valence-corrected chi connectivity index (χ4v) is 2.32. The number of phenolic OH excluding ortho intramolecular Hbond substituents is 1. The number of ether oxygens (including phenoxy) is 2. The van der Waals surface area contributed by atoms with Gasteiger partial charge in [0.1, 0.15) is 28.1 Å². The monoisotopic (exact) mass is 314 g/mol. The van der Waals surface area contributed by atoms with E-state index in [0.29, 0.717) is 11.0 Å². The van der Waals surface area contributed by atoms with Crippen LogP contribution < -0.4 is 10.2 Å². The molecule has 0 atom stereocenters. The predicted molar refractivity (Wildman–Crippen MR) is 83.9 cm³/mol. The van der Waals surface area contributed by atoms with E-state index in [0.717, 1.165) is 5.56 Å². The van der Waals surface area contributed by atoms with Gasteiger partial charge in [-0.2, -0.15) is 0 Å². The molecule has 1 N–H and O–H groups in total. The van der Waals surface area contributed by atoms with Crippen molar-refractivity contribution in [2.75, 3.05) is 13.7 Å². The van der Waals surface area contributed by atoms with Gasteiger partial charge in [-0.15, -0.1) is 0 Å². The van der Waals surface area contributed by atoms with E-state index in [4.69, 9.17) is 9.15 Å². The van der Waals surface area contributed by atoms with Gasteiger partial charge in [0, 0.05) is 12.1 Å². The molecule has 118 valence electrons. The van der Waals surface area contributed by atoms with E-state index >= 15 is 0 Å². The molecule has 0 fully saturated rings. The van der Waals surface area contributed by atoms with Crippen molar-refractivity contribution in [2.24, 2.45) is 0 Å². The number of hydrogen-bond acceptors (Lipinski definition) is 6. The largest absolute Gasteiger partial charge is 0.507 e. The summed E-state index contributed by atoms with van der Waals surface area (Å²) in [5, 5.41) is 10.6. The predicted octanol–water partition coefficient (Wildman–Crippen LogP) is 2.51. The molecular formula is C17H14O6. The van der Waals surface area contributed by atoms with Gasteiger partial charge in [0.2, 0.25) is 5.43 Å². The minimum absolute atomic E-state index is 0.0757. The summed E-state index contributed by atoms with van der Waals surface area (Å²) in [6, 6.07) is 7.94. The zero-order valence-electron chi connectivity index (χ0n) is 12.6. The Morgan fingerprint density at radius 2 is 2.00 bits per heavy atom. The first kappa shape index (κ1) is 14.9. The lowest BCUT2D eigenvalue weighted by molar-refractivity contribution is -0.142. The first-order chi connectivity index (χ1) is 11.0. The van der Waals surface area contributed by atoms with Gasteiger partial charge < -0.3 is 19.0 Å². The summed E-state index contributed by atoms with van der Waals surface area (Å²) in [4.78, 5) is 23.6. The lowest BCUT2D eigenvalue weighted by Gasteiger charge is -2.08. The summed E-state index contributed by atoms with van der Waals surface area (Å²) in [6.07, 6.45) is 0. The molecule has 0 saturated heterocycles. The molecule has 1 heterocycles. The lowest BCUT2D eigenvalue weighted by Crippen LogP contribution is -2.12. The molecule has 0 unspecified atom stereocenters. The molecule has 0 aliphatic heterocycles. The van der Waals surface area contributed by atoms with Gasteiger partial charge in [-0.1, -0.05) is 6.07 Å². The number of hydrogen-bond donors (Lipinski definition) is 1. The summed E-state index contributed by atoms with van der Waals surface area (Å²) in [5.74, 6) is -0.616. The third-order valence-electron chi connectivity index (χ3n) is 3.47. The molecule has 0 spiro atoms. The van der Waals surface area contributed by atoms with Crippen LogP contribution in [0.5, 0.6) is 11.5 Å². The highest BCUT2D eigenvalue weighted by molar-refractivity contribution is 5.94. The molecule has 0 saturated carbocycles. The van der Waals surface area contributed by atoms with Crippen molar-refractivity contribution in [2.45, 2.75) is 6.92 Å². The van der Waals surface area contributed by atoms with Crippen LogP contribution in [-0.4, -0.2) is 24.8 Å². The minimum atomic E-state index is -0.555. The van der Waals surface area contributed by atoms with E-state index in [2.05, 4.69) is 4.74 Å². The Morgan fingerprint density at radius 1 is 1.22 bits per heavy atom. The van der Waals surface area contributed by atoms with Crippen LogP contribution in [0.2, 0.25) is 0 Å². The summed E-state index contributed by atoms with van der Waals surface area (Å²) in [6.45, 7) is 1.58. The average Bonchev–Trinajstić information content (AvgIpc) is 2.51. The Bertz CT molecular complexity index is 970. The van der Waals surface area contributed by atoms with E-state index in [1.54, 1.807) is 18.2 Å². The van der Waals surface area contributed by atoms with Crippen molar-refractivity contribution in [1.29, 1.82) is 0 Å². The van der Waals surface area contributed by atoms with Gasteiger partial charge in [-0.25, -0.2) is 4.79 Å². The number of carbonyl (C=O) groups is 1. The Labute approximate surface area is 130 Å². The Morgan fingerprint density at radius 3 is 2.74 bits per heavy atom. The highest BCUT2D eigenvalue weighted by Gasteiger charge is 2.14. The number of methoxy groups -OCH3 is 1. The SMILES string of the molecule is COC(=O)COc1cc(O)c2c(=O)c3ccc(C)cc3oc2c1. The van der Waals surface area contributed by atoms with E-state index < -0.39 is 5.97 Å². The van der Waals surface area contributed by atoms with E-state index in [-0.39, 0.29) is 34.5 Å². The van der Waals surface area contributed by atoms with E-state index in [1.807, 2.05) is 6.92 Å². The van der Waals surface area contributed by atoms with Gasteiger partial charge >= 0.3 is 5.97 Å². The summed E-state index contributed by atoms with van der Waals surface area (Å²) < 4.78 is 15.4. The summed E-state index contributed by atoms with van der Waals surface area (Å²) in [5.41, 5.74) is 1.24. The van der Waals surface area contributed by atoms with Crippen molar-refractivity contribution >= 4 is 27.9 Å². The molecular weight excluding hydrogens is 300 g/mol. The third-order valence-corrected chi connectivity index (χ3v) is 3.47. The van der Waals surface area contributed by atoms with Gasteiger partial charge in [0.05, 0.1) is 12.5 Å². The molecule has 0 aliphatic carbocycles. The standard InChI is InChI=1S/C17H14O6/c1-9-3-4-11-13(5-9)23-14-7-10(22-8-15(19)21-2)6-12(18)16(14)17(11)20/h3-7,18H,8H2,1-2H3. The second-order valence-corrected chi connectivity index (χ2v) is 5.11. The number of rotatable bonds is 3. The second-order valence-electron chi connectivity index (χ2n) is 5.11. The Balaban J connectivity index is 2.17. The van der Waals surface area contributed by atoms with Crippen molar-refractivity contribution in [3.05, 3.63) is 46.1 Å². The molecule has 6 heteroatoms. The van der Waals surface area contributed by atoms with Crippen molar-refractivity contribution in [3.8, 4) is 11.5 Å². The van der Waals surface area contributed by atoms with Crippen LogP contribution in [0.3, 0.4) is 0 Å². The molecule has 0 radical (unpaired) electrons. The van der Waals surface area contributed by atoms with Crippen LogP contribution in [0.4, 0.5) is 0 Å². The van der Waals surface area contributed by atoms with E-state index in [1.165, 1.54) is 19.2 Å². The Hall–Kier alpha value is -3.02. The first-order valence-corrected chi connectivity index (χ1v) is 6.89. The molecule has 1 aromatic heterocycles. The number of aromatic hydroxyl groups is 1. The Kier molecular flexibility index (Phi) is 3.65. The zero-order chi connectivity index (χ0) is 16.6. The quantitative estimate of drug-likeness (QED) is 0.590. The lowest BCUT2D eigenvalue weighted by atomic mass is 10.1. The van der Waals surface area contributed by atoms with Gasteiger partial charge in [0.25, 0.3) is 0 Å². The average molecular weight is 314 g/mol. The highest BCUT2D eigenvalue weighted by atomic mass is 16.6. The minimum Gasteiger partial charge on any atom is -0.507 e. The maximum absolute atomic E-state index is 12.5. The molecule has 0 bridgehead atoms. The molecule has 3 aromatic rings. The number of fused-ring (bicyclic) bond motifs is 2. The molecule has 3 rings (SSSR count). The third kappa shape index (κ3) is 2.70. The van der Waals surface area contributed by atoms with Crippen LogP contribution in [0.25, 0.3) is 21.9 Å². The van der Waals surface area contributed by atoms with Crippen LogP contribution in [-0.2, 0) is 9.53 Å². The maximum atomic E-state index is 12.5. The highest BCUT2D eigenvalue weighted by Crippen LogP contribution is 2.30. The smallest absolute Gasteiger partial charge is 0.343 e. The first-order valence-electron chi connectivity index (χ1n) is 6.89. The number of aryl methyl sites for hydroxylation is 1. The van der Waals surface area contributed by atoms with Crippen LogP contribution >= 0.6 is 0 Å². The fraction of sp³-hybridized carbons (Fsp3) is 0.176. The maximum Gasteiger partial charge on any atom is 0.343 e. The number of esters is 1. The number of carbonyl (C=O) groups excluding carboxylic acids is 1. The number of phenols is 1. The summed E-state index contributed by atoms with van der Waals surface area (Å²) in [7, 11) is 1.25. The van der Waals surface area contributed by atoms with Gasteiger partial charge in [-0.05, 0) is 24.6 Å². The van der Waals surface area contributed by atoms with Gasteiger partial charge in [-0.3, -0.25) is 4.79 Å². The molecule has 6 nitrogen and oxygen atoms in total. The molecule has 23 heavy (non-hydrogen) atoms. The van der Waals surface area contributed by atoms with Crippen LogP contribution in [0.15, 0.2) is 39.5 Å². The van der Waals surface area contributed by atoms with Crippen LogP contribution in [0.1, 0.15) is 5.56 Å². The second kappa shape index (κ2) is 5.64. The fourth-order valence-electron chi connectivity index (χ4n) is 2.32. The number of benzene rings is 2. The molecule has 0 aliphatic rings. The topological polar surface area (TPSA) is 86.0 Å². The van der Waals surface area contributed by atoms with Crippen molar-refractivity contribution < 1.29 is 23.8 Å². The van der Waals surface area contributed by atoms with Crippen molar-refractivity contribution in [1.82, 2.24) is 0 Å². The van der Waals surface area contributed by atoms with Crippen LogP contribution in [0, 0.1) is 6.92 Å². The van der Waals surface area contributed by atoms with Crippen molar-refractivity contribution in [3.63, 3.8) is 0 Å². The zero-order valence-corrected chi connectivity index (χ0v) is 12.6. The molecule has 0 amide bonds. The summed E-state index contributed by atoms with van der Waals surface area (Å²) >= 11 is 0. The van der Waals surface area contributed by atoms with Gasteiger partial charge in [0.15, 0.2) is 6.61 Å².